The number of hydrogen-bond acceptors (Lipinski definition) is 4. The Morgan fingerprint density at radius 1 is 1.47 bits per heavy atom. The smallest absolute Gasteiger partial charge is 0.265 e. The number of likely N-dealkylation sites (N-methyl/N-ethyl adjacent to an activating group) is 1. The van der Waals surface area contributed by atoms with Crippen LogP contribution in [-0.4, -0.2) is 26.0 Å². The van der Waals surface area contributed by atoms with E-state index in [1.165, 1.54) is 0 Å². The molecule has 7 heteroatoms. The molecule has 0 unspecified atom stereocenters. The van der Waals surface area contributed by atoms with Crippen LogP contribution in [0.5, 0.6) is 0 Å². The zero-order chi connectivity index (χ0) is 10.8. The fourth-order valence-electron chi connectivity index (χ4n) is 1.70. The lowest BCUT2D eigenvalue weighted by Crippen LogP contribution is -2.32. The predicted molar refractivity (Wildman–Crippen MR) is 74.4 cm³/mol. The first-order valence-electron chi connectivity index (χ1n) is 4.82. The minimum atomic E-state index is -0.267. The van der Waals surface area contributed by atoms with Crippen LogP contribution < -0.4 is 21.5 Å². The van der Waals surface area contributed by atoms with Crippen LogP contribution in [0, 0.1) is 0 Å². The SMILES string of the molecule is CN1CCNc2ccc(C(=O)NN)cc21.Cl.Cl. The monoisotopic (exact) mass is 278 g/mol. The summed E-state index contributed by atoms with van der Waals surface area (Å²) in [5, 5.41) is 3.27. The number of carbonyl (C=O) groups excluding carboxylic acids is 1. The van der Waals surface area contributed by atoms with Gasteiger partial charge in [0.05, 0.1) is 11.4 Å². The number of hydrogen-bond donors (Lipinski definition) is 3. The van der Waals surface area contributed by atoms with E-state index >= 15 is 0 Å². The van der Waals surface area contributed by atoms with Gasteiger partial charge in [-0.25, -0.2) is 5.84 Å². The first kappa shape index (κ1) is 15.8. The van der Waals surface area contributed by atoms with Gasteiger partial charge in [0.1, 0.15) is 0 Å². The highest BCUT2D eigenvalue weighted by Crippen LogP contribution is 2.28. The van der Waals surface area contributed by atoms with Gasteiger partial charge in [-0.15, -0.1) is 24.8 Å². The van der Waals surface area contributed by atoms with Gasteiger partial charge in [-0.2, -0.15) is 0 Å². The average Bonchev–Trinajstić information content (AvgIpc) is 2.28. The molecule has 0 spiro atoms. The summed E-state index contributed by atoms with van der Waals surface area (Å²) < 4.78 is 0. The fourth-order valence-corrected chi connectivity index (χ4v) is 1.70. The number of nitrogens with zero attached hydrogens (tertiary/aromatic N) is 1. The summed E-state index contributed by atoms with van der Waals surface area (Å²) in [4.78, 5) is 13.4. The van der Waals surface area contributed by atoms with Crippen LogP contribution in [0.4, 0.5) is 11.4 Å². The van der Waals surface area contributed by atoms with Crippen molar-refractivity contribution in [3.8, 4) is 0 Å². The molecular weight excluding hydrogens is 263 g/mol. The standard InChI is InChI=1S/C10H14N4O.2ClH/c1-14-5-4-12-8-3-2-7(6-9(8)14)10(15)13-11;;/h2-3,6,12H,4-5,11H2,1H3,(H,13,15);2*1H. The molecule has 1 aromatic carbocycles. The molecule has 0 aliphatic carbocycles. The summed E-state index contributed by atoms with van der Waals surface area (Å²) in [5.74, 6) is 4.82. The van der Waals surface area contributed by atoms with Crippen molar-refractivity contribution in [1.82, 2.24) is 5.43 Å². The molecule has 1 aromatic rings. The van der Waals surface area contributed by atoms with Crippen molar-refractivity contribution in [1.29, 1.82) is 0 Å². The maximum Gasteiger partial charge on any atom is 0.265 e. The maximum atomic E-state index is 11.3. The lowest BCUT2D eigenvalue weighted by atomic mass is 10.1. The summed E-state index contributed by atoms with van der Waals surface area (Å²) in [6, 6.07) is 5.49. The maximum absolute atomic E-state index is 11.3. The number of nitrogens with two attached hydrogens (primary N) is 1. The van der Waals surface area contributed by atoms with Crippen molar-refractivity contribution in [2.24, 2.45) is 5.84 Å². The lowest BCUT2D eigenvalue weighted by molar-refractivity contribution is 0.0953. The topological polar surface area (TPSA) is 70.4 Å². The Bertz CT molecular complexity index is 400. The highest BCUT2D eigenvalue weighted by molar-refractivity contribution is 5.96. The van der Waals surface area contributed by atoms with Crippen molar-refractivity contribution in [3.63, 3.8) is 0 Å². The second-order valence-corrected chi connectivity index (χ2v) is 3.55. The molecule has 0 atom stereocenters. The Morgan fingerprint density at radius 3 is 2.82 bits per heavy atom. The van der Waals surface area contributed by atoms with E-state index in [0.717, 1.165) is 24.5 Å². The minimum absolute atomic E-state index is 0. The van der Waals surface area contributed by atoms with Crippen molar-refractivity contribution in [3.05, 3.63) is 23.8 Å². The third-order valence-corrected chi connectivity index (χ3v) is 2.56. The summed E-state index contributed by atoms with van der Waals surface area (Å²) in [7, 11) is 2.00. The number of hydrazine groups is 1. The van der Waals surface area contributed by atoms with Gasteiger partial charge in [0.25, 0.3) is 5.91 Å². The summed E-state index contributed by atoms with van der Waals surface area (Å²) >= 11 is 0. The van der Waals surface area contributed by atoms with Crippen LogP contribution >= 0.6 is 24.8 Å². The highest BCUT2D eigenvalue weighted by atomic mass is 35.5. The highest BCUT2D eigenvalue weighted by Gasteiger charge is 2.15. The third kappa shape index (κ3) is 3.15. The third-order valence-electron chi connectivity index (χ3n) is 2.56. The molecule has 0 bridgehead atoms. The lowest BCUT2D eigenvalue weighted by Gasteiger charge is -2.28. The molecule has 1 aliphatic rings. The second-order valence-electron chi connectivity index (χ2n) is 3.55. The summed E-state index contributed by atoms with van der Waals surface area (Å²) in [6.07, 6.45) is 0. The average molecular weight is 279 g/mol. The number of benzene rings is 1. The Balaban J connectivity index is 0.00000128. The molecule has 0 fully saturated rings. The number of halogens is 2. The van der Waals surface area contributed by atoms with E-state index in [0.29, 0.717) is 5.56 Å². The number of nitrogen functional groups attached to an aromatic ring is 1. The molecule has 1 amide bonds. The number of fused-ring (bicyclic) bond motifs is 1. The molecule has 17 heavy (non-hydrogen) atoms. The zero-order valence-corrected chi connectivity index (χ0v) is 11.0. The van der Waals surface area contributed by atoms with Crippen LogP contribution in [0.25, 0.3) is 0 Å². The molecule has 1 heterocycles. The first-order valence-corrected chi connectivity index (χ1v) is 4.82. The van der Waals surface area contributed by atoms with Gasteiger partial charge >= 0.3 is 0 Å². The number of anilines is 2. The van der Waals surface area contributed by atoms with Gasteiger partial charge in [0.2, 0.25) is 0 Å². The first-order chi connectivity index (χ1) is 7.22. The molecule has 5 nitrogen and oxygen atoms in total. The van der Waals surface area contributed by atoms with E-state index in [2.05, 4.69) is 15.6 Å². The van der Waals surface area contributed by atoms with Gasteiger partial charge in [0.15, 0.2) is 0 Å². The van der Waals surface area contributed by atoms with E-state index < -0.39 is 0 Å². The van der Waals surface area contributed by atoms with Crippen LogP contribution in [0.1, 0.15) is 10.4 Å². The van der Waals surface area contributed by atoms with E-state index in [-0.39, 0.29) is 30.7 Å². The second kappa shape index (κ2) is 6.54. The molecule has 0 saturated carbocycles. The van der Waals surface area contributed by atoms with Crippen molar-refractivity contribution < 1.29 is 4.79 Å². The Labute approximate surface area is 113 Å². The van der Waals surface area contributed by atoms with Gasteiger partial charge in [-0.05, 0) is 18.2 Å². The zero-order valence-electron chi connectivity index (χ0n) is 9.40. The van der Waals surface area contributed by atoms with Crippen LogP contribution in [-0.2, 0) is 0 Å². The minimum Gasteiger partial charge on any atom is -0.382 e. The Kier molecular flexibility index (Phi) is 6.09. The fraction of sp³-hybridized carbons (Fsp3) is 0.300. The molecule has 0 aromatic heterocycles. The van der Waals surface area contributed by atoms with E-state index in [4.69, 9.17) is 5.84 Å². The Hall–Kier alpha value is -1.17. The van der Waals surface area contributed by atoms with Crippen LogP contribution in [0.3, 0.4) is 0 Å². The van der Waals surface area contributed by atoms with Crippen LogP contribution in [0.2, 0.25) is 0 Å². The molecule has 2 rings (SSSR count). The van der Waals surface area contributed by atoms with Crippen LogP contribution in [0.15, 0.2) is 18.2 Å². The molecule has 0 saturated heterocycles. The summed E-state index contributed by atoms with van der Waals surface area (Å²) in [5.41, 5.74) is 4.78. The normalized spacial score (nSPS) is 12.5. The van der Waals surface area contributed by atoms with Gasteiger partial charge < -0.3 is 10.2 Å². The quantitative estimate of drug-likeness (QED) is 0.407. The number of rotatable bonds is 1. The summed E-state index contributed by atoms with van der Waals surface area (Å²) in [6.45, 7) is 1.85. The van der Waals surface area contributed by atoms with Crippen molar-refractivity contribution in [2.75, 3.05) is 30.4 Å². The molecular formula is C10H16Cl2N4O. The predicted octanol–water partition coefficient (Wildman–Crippen LogP) is 0.995. The van der Waals surface area contributed by atoms with Crippen molar-refractivity contribution in [2.45, 2.75) is 0 Å². The number of nitrogens with one attached hydrogen (secondary N) is 2. The van der Waals surface area contributed by atoms with Gasteiger partial charge in [-0.1, -0.05) is 0 Å². The largest absolute Gasteiger partial charge is 0.382 e. The van der Waals surface area contributed by atoms with Crippen molar-refractivity contribution >= 4 is 42.1 Å². The van der Waals surface area contributed by atoms with Gasteiger partial charge in [-0.3, -0.25) is 10.2 Å². The van der Waals surface area contributed by atoms with E-state index in [1.807, 2.05) is 19.2 Å². The number of amides is 1. The molecule has 4 N–H and O–H groups in total. The van der Waals surface area contributed by atoms with Gasteiger partial charge in [0, 0.05) is 25.7 Å². The van der Waals surface area contributed by atoms with E-state index in [9.17, 15) is 4.79 Å². The van der Waals surface area contributed by atoms with E-state index in [1.54, 1.807) is 6.07 Å². The number of carbonyl (C=O) groups is 1. The Morgan fingerprint density at radius 2 is 2.18 bits per heavy atom. The molecule has 0 radical (unpaired) electrons. The molecule has 96 valence electrons. The molecule has 1 aliphatic heterocycles.